The maximum Gasteiger partial charge on any atom is 0.335 e. The van der Waals surface area contributed by atoms with Crippen molar-refractivity contribution in [2.24, 2.45) is 0 Å². The lowest BCUT2D eigenvalue weighted by atomic mass is 10.1. The van der Waals surface area contributed by atoms with E-state index in [4.69, 9.17) is 5.11 Å². The summed E-state index contributed by atoms with van der Waals surface area (Å²) in [6.45, 7) is 1.74. The molecule has 2 amide bonds. The zero-order chi connectivity index (χ0) is 14.5. The lowest BCUT2D eigenvalue weighted by Gasteiger charge is -2.10. The van der Waals surface area contributed by atoms with E-state index in [0.717, 1.165) is 0 Å². The number of carbonyl (C=O) groups excluding carboxylic acids is 1. The quantitative estimate of drug-likeness (QED) is 0.800. The Labute approximate surface area is 116 Å². The van der Waals surface area contributed by atoms with Gasteiger partial charge < -0.3 is 15.7 Å². The number of urea groups is 1. The molecule has 0 aliphatic heterocycles. The summed E-state index contributed by atoms with van der Waals surface area (Å²) >= 11 is 0. The first kappa shape index (κ1) is 13.6. The van der Waals surface area contributed by atoms with Gasteiger partial charge in [0, 0.05) is 11.4 Å². The highest BCUT2D eigenvalue weighted by atomic mass is 16.4. The van der Waals surface area contributed by atoms with E-state index in [9.17, 15) is 9.59 Å². The van der Waals surface area contributed by atoms with Gasteiger partial charge in [0.1, 0.15) is 0 Å². The molecule has 5 heteroatoms. The van der Waals surface area contributed by atoms with Crippen LogP contribution >= 0.6 is 0 Å². The van der Waals surface area contributed by atoms with Crippen LogP contribution in [0, 0.1) is 6.92 Å². The molecular formula is C15H14N2O3. The molecule has 0 heterocycles. The van der Waals surface area contributed by atoms with E-state index in [0.29, 0.717) is 16.9 Å². The summed E-state index contributed by atoms with van der Waals surface area (Å²) in [6, 6.07) is 13.2. The van der Waals surface area contributed by atoms with Crippen LogP contribution in [0.5, 0.6) is 0 Å². The van der Waals surface area contributed by atoms with E-state index < -0.39 is 5.97 Å². The standard InChI is InChI=1S/C15H14N2O3/c1-10-9-11(14(18)19)7-8-13(10)17-15(20)16-12-5-3-2-4-6-12/h2-9H,1H3,(H,18,19)(H2,16,17,20). The maximum absolute atomic E-state index is 11.8. The van der Waals surface area contributed by atoms with E-state index in [1.165, 1.54) is 12.1 Å². The molecule has 0 saturated heterocycles. The minimum atomic E-state index is -0.992. The number of carboxylic acid groups (broad SMARTS) is 1. The number of para-hydroxylation sites is 1. The number of amides is 2. The fraction of sp³-hybridized carbons (Fsp3) is 0.0667. The van der Waals surface area contributed by atoms with E-state index >= 15 is 0 Å². The van der Waals surface area contributed by atoms with Gasteiger partial charge in [-0.25, -0.2) is 9.59 Å². The summed E-state index contributed by atoms with van der Waals surface area (Å²) < 4.78 is 0. The highest BCUT2D eigenvalue weighted by Gasteiger charge is 2.08. The van der Waals surface area contributed by atoms with Gasteiger partial charge >= 0.3 is 12.0 Å². The van der Waals surface area contributed by atoms with Gasteiger partial charge in [-0.3, -0.25) is 0 Å². The summed E-state index contributed by atoms with van der Waals surface area (Å²) in [4.78, 5) is 22.6. The SMILES string of the molecule is Cc1cc(C(=O)O)ccc1NC(=O)Nc1ccccc1. The number of aromatic carboxylic acids is 1. The van der Waals surface area contributed by atoms with E-state index in [2.05, 4.69) is 10.6 Å². The van der Waals surface area contributed by atoms with Crippen molar-refractivity contribution in [2.45, 2.75) is 6.92 Å². The van der Waals surface area contributed by atoms with Crippen LogP contribution in [-0.2, 0) is 0 Å². The van der Waals surface area contributed by atoms with Crippen LogP contribution in [-0.4, -0.2) is 17.1 Å². The highest BCUT2D eigenvalue weighted by molar-refractivity contribution is 6.00. The maximum atomic E-state index is 11.8. The molecule has 0 bridgehead atoms. The smallest absolute Gasteiger partial charge is 0.335 e. The monoisotopic (exact) mass is 270 g/mol. The fourth-order valence-electron chi connectivity index (χ4n) is 1.74. The second-order valence-corrected chi connectivity index (χ2v) is 4.28. The molecule has 0 atom stereocenters. The zero-order valence-corrected chi connectivity index (χ0v) is 10.9. The van der Waals surface area contributed by atoms with E-state index in [1.54, 1.807) is 25.1 Å². The van der Waals surface area contributed by atoms with Crippen molar-refractivity contribution in [1.82, 2.24) is 0 Å². The van der Waals surface area contributed by atoms with Gasteiger partial charge in [0.25, 0.3) is 0 Å². The molecule has 0 saturated carbocycles. The summed E-state index contributed by atoms with van der Waals surface area (Å²) in [5, 5.41) is 14.2. The van der Waals surface area contributed by atoms with Crippen molar-refractivity contribution in [1.29, 1.82) is 0 Å². The molecule has 0 aromatic heterocycles. The van der Waals surface area contributed by atoms with Gasteiger partial charge in [-0.05, 0) is 42.8 Å². The van der Waals surface area contributed by atoms with Crippen LogP contribution < -0.4 is 10.6 Å². The predicted octanol–water partition coefficient (Wildman–Crippen LogP) is 3.34. The van der Waals surface area contributed by atoms with Crippen molar-refractivity contribution >= 4 is 23.4 Å². The van der Waals surface area contributed by atoms with Gasteiger partial charge in [0.2, 0.25) is 0 Å². The lowest BCUT2D eigenvalue weighted by molar-refractivity contribution is 0.0697. The molecule has 0 aliphatic carbocycles. The molecule has 3 N–H and O–H groups in total. The van der Waals surface area contributed by atoms with Gasteiger partial charge in [0.15, 0.2) is 0 Å². The fourth-order valence-corrected chi connectivity index (χ4v) is 1.74. The van der Waals surface area contributed by atoms with Crippen molar-refractivity contribution in [3.8, 4) is 0 Å². The normalized spacial score (nSPS) is 9.85. The topological polar surface area (TPSA) is 78.4 Å². The van der Waals surface area contributed by atoms with Crippen molar-refractivity contribution < 1.29 is 14.7 Å². The first-order valence-corrected chi connectivity index (χ1v) is 6.03. The lowest BCUT2D eigenvalue weighted by Crippen LogP contribution is -2.20. The van der Waals surface area contributed by atoms with E-state index in [1.807, 2.05) is 18.2 Å². The average Bonchev–Trinajstić information content (AvgIpc) is 2.42. The molecule has 0 fully saturated rings. The van der Waals surface area contributed by atoms with Crippen molar-refractivity contribution in [3.63, 3.8) is 0 Å². The molecule has 20 heavy (non-hydrogen) atoms. The minimum absolute atomic E-state index is 0.191. The van der Waals surface area contributed by atoms with Crippen LogP contribution in [0.2, 0.25) is 0 Å². The predicted molar refractivity (Wildman–Crippen MR) is 77.2 cm³/mol. The van der Waals surface area contributed by atoms with Crippen LogP contribution in [0.3, 0.4) is 0 Å². The Morgan fingerprint density at radius 1 is 1.00 bits per heavy atom. The molecule has 2 aromatic rings. The van der Waals surface area contributed by atoms with Crippen molar-refractivity contribution in [2.75, 3.05) is 10.6 Å². The number of aryl methyl sites for hydroxylation is 1. The molecule has 0 spiro atoms. The summed E-state index contributed by atoms with van der Waals surface area (Å²) in [5.41, 5.74) is 2.14. The molecule has 0 radical (unpaired) electrons. The van der Waals surface area contributed by atoms with Crippen LogP contribution in [0.1, 0.15) is 15.9 Å². The van der Waals surface area contributed by atoms with Gasteiger partial charge in [-0.2, -0.15) is 0 Å². The molecule has 0 unspecified atom stereocenters. The second-order valence-electron chi connectivity index (χ2n) is 4.28. The summed E-state index contributed by atoms with van der Waals surface area (Å²) in [6.07, 6.45) is 0. The third kappa shape index (κ3) is 3.35. The first-order chi connectivity index (χ1) is 9.56. The number of benzene rings is 2. The Bertz CT molecular complexity index is 639. The Kier molecular flexibility index (Phi) is 4.00. The number of carbonyl (C=O) groups is 2. The van der Waals surface area contributed by atoms with Crippen LogP contribution in [0.25, 0.3) is 0 Å². The number of anilines is 2. The average molecular weight is 270 g/mol. The largest absolute Gasteiger partial charge is 0.478 e. The van der Waals surface area contributed by atoms with Crippen molar-refractivity contribution in [3.05, 3.63) is 59.7 Å². The van der Waals surface area contributed by atoms with Crippen LogP contribution in [0.15, 0.2) is 48.5 Å². The Hall–Kier alpha value is -2.82. The number of rotatable bonds is 3. The summed E-state index contributed by atoms with van der Waals surface area (Å²) in [5.74, 6) is -0.992. The Morgan fingerprint density at radius 2 is 1.70 bits per heavy atom. The van der Waals surface area contributed by atoms with Gasteiger partial charge in [-0.1, -0.05) is 18.2 Å². The Balaban J connectivity index is 2.06. The molecule has 2 rings (SSSR count). The summed E-state index contributed by atoms with van der Waals surface area (Å²) in [7, 11) is 0. The van der Waals surface area contributed by atoms with E-state index in [-0.39, 0.29) is 11.6 Å². The number of nitrogens with one attached hydrogen (secondary N) is 2. The Morgan fingerprint density at radius 3 is 2.30 bits per heavy atom. The minimum Gasteiger partial charge on any atom is -0.478 e. The molecular weight excluding hydrogens is 256 g/mol. The number of carboxylic acids is 1. The van der Waals surface area contributed by atoms with Crippen LogP contribution in [0.4, 0.5) is 16.2 Å². The first-order valence-electron chi connectivity index (χ1n) is 6.03. The van der Waals surface area contributed by atoms with Gasteiger partial charge in [0.05, 0.1) is 5.56 Å². The molecule has 5 nitrogen and oxygen atoms in total. The second kappa shape index (κ2) is 5.88. The van der Waals surface area contributed by atoms with Gasteiger partial charge in [-0.15, -0.1) is 0 Å². The molecule has 2 aromatic carbocycles. The molecule has 0 aliphatic rings. The zero-order valence-electron chi connectivity index (χ0n) is 10.9. The third-order valence-electron chi connectivity index (χ3n) is 2.75. The highest BCUT2D eigenvalue weighted by Crippen LogP contribution is 2.17. The number of hydrogen-bond acceptors (Lipinski definition) is 2. The third-order valence-corrected chi connectivity index (χ3v) is 2.75. The number of hydrogen-bond donors (Lipinski definition) is 3. The molecule has 102 valence electrons.